The van der Waals surface area contributed by atoms with Gasteiger partial charge < -0.3 is 5.32 Å². The zero-order valence-corrected chi connectivity index (χ0v) is 13.1. The van der Waals surface area contributed by atoms with E-state index < -0.39 is 0 Å². The molecule has 3 rings (SSSR count). The number of halogens is 1. The van der Waals surface area contributed by atoms with E-state index in [1.165, 1.54) is 18.3 Å². The van der Waals surface area contributed by atoms with Crippen LogP contribution in [0.1, 0.15) is 28.9 Å². The zero-order valence-electron chi connectivity index (χ0n) is 13.1. The smallest absolute Gasteiger partial charge is 0.253 e. The van der Waals surface area contributed by atoms with Gasteiger partial charge in [-0.25, -0.2) is 4.39 Å². The lowest BCUT2D eigenvalue weighted by atomic mass is 10.1. The van der Waals surface area contributed by atoms with E-state index in [4.69, 9.17) is 0 Å². The lowest BCUT2D eigenvalue weighted by Crippen LogP contribution is -2.26. The number of carbonyl (C=O) groups excluding carboxylic acids is 1. The number of aromatic nitrogens is 2. The topological polar surface area (TPSA) is 54.9 Å². The monoisotopic (exact) mass is 321 g/mol. The highest BCUT2D eigenvalue weighted by atomic mass is 19.1. The summed E-state index contributed by atoms with van der Waals surface area (Å²) in [5, 5.41) is 2.88. The molecule has 0 unspecified atom stereocenters. The van der Waals surface area contributed by atoms with E-state index >= 15 is 0 Å². The number of nitrogens with one attached hydrogen (secondary N) is 1. The minimum absolute atomic E-state index is 0.225. The maximum atomic E-state index is 13.0. The van der Waals surface area contributed by atoms with Gasteiger partial charge in [-0.2, -0.15) is 0 Å². The maximum Gasteiger partial charge on any atom is 0.253 e. The van der Waals surface area contributed by atoms with Crippen LogP contribution in [0.15, 0.2) is 67.1 Å². The molecule has 1 amide bonds. The number of amides is 1. The molecule has 0 saturated heterocycles. The first-order valence-corrected chi connectivity index (χ1v) is 7.56. The number of nitrogens with zero attached hydrogens (tertiary/aromatic N) is 2. The summed E-state index contributed by atoms with van der Waals surface area (Å²) in [7, 11) is 0. The van der Waals surface area contributed by atoms with Gasteiger partial charge in [0.15, 0.2) is 0 Å². The van der Waals surface area contributed by atoms with Gasteiger partial charge in [-0.1, -0.05) is 12.1 Å². The fourth-order valence-electron chi connectivity index (χ4n) is 2.33. The van der Waals surface area contributed by atoms with Crippen molar-refractivity contribution in [3.05, 3.63) is 84.1 Å². The Morgan fingerprint density at radius 2 is 1.88 bits per heavy atom. The predicted molar refractivity (Wildman–Crippen MR) is 89.7 cm³/mol. The van der Waals surface area contributed by atoms with Crippen molar-refractivity contribution in [2.45, 2.75) is 13.0 Å². The van der Waals surface area contributed by atoms with E-state index in [-0.39, 0.29) is 17.8 Å². The molecule has 5 heteroatoms. The Morgan fingerprint density at radius 1 is 1.08 bits per heavy atom. The third kappa shape index (κ3) is 3.63. The SMILES string of the molecule is C[C@@H](NC(=O)c1ccc(-c2cccnc2)nc1)c1ccc(F)cc1. The minimum atomic E-state index is -0.299. The second-order valence-electron chi connectivity index (χ2n) is 5.42. The Bertz CT molecular complexity index is 817. The summed E-state index contributed by atoms with van der Waals surface area (Å²) >= 11 is 0. The van der Waals surface area contributed by atoms with E-state index in [2.05, 4.69) is 15.3 Å². The second kappa shape index (κ2) is 7.00. The molecule has 1 atom stereocenters. The van der Waals surface area contributed by atoms with Crippen molar-refractivity contribution in [2.24, 2.45) is 0 Å². The first-order valence-electron chi connectivity index (χ1n) is 7.56. The van der Waals surface area contributed by atoms with Gasteiger partial charge in [0, 0.05) is 24.2 Å². The Balaban J connectivity index is 1.70. The van der Waals surface area contributed by atoms with Crippen molar-refractivity contribution in [2.75, 3.05) is 0 Å². The standard InChI is InChI=1S/C19H16FN3O/c1-13(14-4-7-17(20)8-5-14)23-19(24)16-6-9-18(22-12-16)15-3-2-10-21-11-15/h2-13H,1H3,(H,23,24)/t13-/m1/s1. The fraction of sp³-hybridized carbons (Fsp3) is 0.105. The molecule has 0 radical (unpaired) electrons. The maximum absolute atomic E-state index is 13.0. The number of hydrogen-bond donors (Lipinski definition) is 1. The molecule has 3 aromatic rings. The molecule has 0 bridgehead atoms. The molecule has 0 fully saturated rings. The number of benzene rings is 1. The zero-order chi connectivity index (χ0) is 16.9. The van der Waals surface area contributed by atoms with Gasteiger partial charge in [-0.3, -0.25) is 14.8 Å². The van der Waals surface area contributed by atoms with Crippen molar-refractivity contribution in [3.8, 4) is 11.3 Å². The molecule has 1 N–H and O–H groups in total. The van der Waals surface area contributed by atoms with Crippen LogP contribution in [-0.2, 0) is 0 Å². The molecule has 0 saturated carbocycles. The number of hydrogen-bond acceptors (Lipinski definition) is 3. The highest BCUT2D eigenvalue weighted by Gasteiger charge is 2.12. The summed E-state index contributed by atoms with van der Waals surface area (Å²) in [5.74, 6) is -0.524. The highest BCUT2D eigenvalue weighted by molar-refractivity contribution is 5.94. The number of pyridine rings is 2. The average Bonchev–Trinajstić information content (AvgIpc) is 2.63. The van der Waals surface area contributed by atoms with E-state index in [0.717, 1.165) is 16.8 Å². The fourth-order valence-corrected chi connectivity index (χ4v) is 2.33. The molecule has 1 aromatic carbocycles. The average molecular weight is 321 g/mol. The molecule has 0 aliphatic heterocycles. The summed E-state index contributed by atoms with van der Waals surface area (Å²) in [5.41, 5.74) is 2.96. The van der Waals surface area contributed by atoms with Gasteiger partial charge in [0.25, 0.3) is 5.91 Å². The first-order chi connectivity index (χ1) is 11.6. The van der Waals surface area contributed by atoms with E-state index in [0.29, 0.717) is 5.56 Å². The van der Waals surface area contributed by atoms with Gasteiger partial charge in [0.05, 0.1) is 17.3 Å². The van der Waals surface area contributed by atoms with Crippen LogP contribution in [-0.4, -0.2) is 15.9 Å². The summed E-state index contributed by atoms with van der Waals surface area (Å²) in [4.78, 5) is 20.7. The van der Waals surface area contributed by atoms with Gasteiger partial charge in [0.1, 0.15) is 5.82 Å². The Labute approximate surface area is 139 Å². The molecule has 2 aromatic heterocycles. The van der Waals surface area contributed by atoms with Gasteiger partial charge >= 0.3 is 0 Å². The quantitative estimate of drug-likeness (QED) is 0.796. The largest absolute Gasteiger partial charge is 0.345 e. The second-order valence-corrected chi connectivity index (χ2v) is 5.42. The minimum Gasteiger partial charge on any atom is -0.345 e. The van der Waals surface area contributed by atoms with E-state index in [9.17, 15) is 9.18 Å². The Morgan fingerprint density at radius 3 is 2.50 bits per heavy atom. The summed E-state index contributed by atoms with van der Waals surface area (Å²) in [6.45, 7) is 1.85. The lowest BCUT2D eigenvalue weighted by molar-refractivity contribution is 0.0939. The molecule has 0 aliphatic rings. The van der Waals surface area contributed by atoms with Gasteiger partial charge in [-0.15, -0.1) is 0 Å². The summed E-state index contributed by atoms with van der Waals surface area (Å²) < 4.78 is 13.0. The first kappa shape index (κ1) is 15.8. The van der Waals surface area contributed by atoms with Crippen molar-refractivity contribution < 1.29 is 9.18 Å². The van der Waals surface area contributed by atoms with Crippen molar-refractivity contribution in [1.82, 2.24) is 15.3 Å². The summed E-state index contributed by atoms with van der Waals surface area (Å²) in [6, 6.07) is 13.1. The van der Waals surface area contributed by atoms with E-state index in [1.54, 1.807) is 36.7 Å². The van der Waals surface area contributed by atoms with Crippen LogP contribution in [0, 0.1) is 5.82 Å². The van der Waals surface area contributed by atoms with Crippen LogP contribution < -0.4 is 5.32 Å². The molecular formula is C19H16FN3O. The molecule has 0 spiro atoms. The van der Waals surface area contributed by atoms with Crippen molar-refractivity contribution in [1.29, 1.82) is 0 Å². The molecular weight excluding hydrogens is 305 g/mol. The third-order valence-corrected chi connectivity index (χ3v) is 3.70. The molecule has 120 valence electrons. The van der Waals surface area contributed by atoms with Crippen LogP contribution in [0.25, 0.3) is 11.3 Å². The van der Waals surface area contributed by atoms with Gasteiger partial charge in [-0.05, 0) is 48.9 Å². The molecule has 4 nitrogen and oxygen atoms in total. The van der Waals surface area contributed by atoms with Crippen LogP contribution in [0.3, 0.4) is 0 Å². The van der Waals surface area contributed by atoms with Crippen LogP contribution in [0.5, 0.6) is 0 Å². The van der Waals surface area contributed by atoms with Gasteiger partial charge in [0.2, 0.25) is 0 Å². The van der Waals surface area contributed by atoms with Crippen LogP contribution >= 0.6 is 0 Å². The summed E-state index contributed by atoms with van der Waals surface area (Å²) in [6.07, 6.45) is 4.95. The van der Waals surface area contributed by atoms with E-state index in [1.807, 2.05) is 19.1 Å². The highest BCUT2D eigenvalue weighted by Crippen LogP contribution is 2.17. The Kier molecular flexibility index (Phi) is 4.61. The van der Waals surface area contributed by atoms with Crippen molar-refractivity contribution >= 4 is 5.91 Å². The predicted octanol–water partition coefficient (Wildman–Crippen LogP) is 3.77. The third-order valence-electron chi connectivity index (χ3n) is 3.70. The number of carbonyl (C=O) groups is 1. The molecule has 24 heavy (non-hydrogen) atoms. The lowest BCUT2D eigenvalue weighted by Gasteiger charge is -2.14. The van der Waals surface area contributed by atoms with Crippen LogP contribution in [0.4, 0.5) is 4.39 Å². The van der Waals surface area contributed by atoms with Crippen molar-refractivity contribution in [3.63, 3.8) is 0 Å². The molecule has 0 aliphatic carbocycles. The number of rotatable bonds is 4. The molecule has 2 heterocycles. The normalized spacial score (nSPS) is 11.8. The Hall–Kier alpha value is -3.08. The van der Waals surface area contributed by atoms with Crippen LogP contribution in [0.2, 0.25) is 0 Å².